The summed E-state index contributed by atoms with van der Waals surface area (Å²) >= 11 is 0. The van der Waals surface area contributed by atoms with Crippen molar-refractivity contribution in [3.05, 3.63) is 29.3 Å². The zero-order chi connectivity index (χ0) is 19.3. The lowest BCUT2D eigenvalue weighted by molar-refractivity contribution is -0.127. The molecule has 0 unspecified atom stereocenters. The van der Waals surface area contributed by atoms with E-state index in [0.29, 0.717) is 0 Å². The molecule has 1 N–H and O–H groups in total. The van der Waals surface area contributed by atoms with E-state index >= 15 is 0 Å². The summed E-state index contributed by atoms with van der Waals surface area (Å²) in [5.74, 6) is 0.845. The maximum absolute atomic E-state index is 11.9. The fourth-order valence-electron chi connectivity index (χ4n) is 3.02. The van der Waals surface area contributed by atoms with Crippen molar-refractivity contribution in [3.63, 3.8) is 0 Å². The molecule has 26 heavy (non-hydrogen) atoms. The fourth-order valence-corrected chi connectivity index (χ4v) is 3.02. The van der Waals surface area contributed by atoms with Crippen LogP contribution in [0.3, 0.4) is 0 Å². The number of benzene rings is 1. The summed E-state index contributed by atoms with van der Waals surface area (Å²) in [5.41, 5.74) is 4.00. The van der Waals surface area contributed by atoms with E-state index in [1.807, 2.05) is 0 Å². The van der Waals surface area contributed by atoms with Gasteiger partial charge in [-0.1, -0.05) is 12.1 Å². The van der Waals surface area contributed by atoms with Crippen LogP contribution in [0, 0.1) is 13.8 Å². The van der Waals surface area contributed by atoms with E-state index in [1.165, 1.54) is 16.8 Å². The second-order valence-electron chi connectivity index (χ2n) is 7.42. The molecule has 0 spiro atoms. The van der Waals surface area contributed by atoms with Crippen LogP contribution in [0.5, 0.6) is 0 Å². The average Bonchev–Trinajstić information content (AvgIpc) is 2.60. The van der Waals surface area contributed by atoms with Crippen molar-refractivity contribution in [3.8, 4) is 0 Å². The summed E-state index contributed by atoms with van der Waals surface area (Å²) in [7, 11) is 3.52. The highest BCUT2D eigenvalue weighted by atomic mass is 16.2. The van der Waals surface area contributed by atoms with Crippen molar-refractivity contribution in [2.24, 2.45) is 4.99 Å². The van der Waals surface area contributed by atoms with Gasteiger partial charge in [0.25, 0.3) is 0 Å². The van der Waals surface area contributed by atoms with E-state index in [2.05, 4.69) is 66.0 Å². The summed E-state index contributed by atoms with van der Waals surface area (Å²) in [6.45, 7) is 12.4. The number of rotatable bonds is 4. The Morgan fingerprint density at radius 3 is 2.42 bits per heavy atom. The monoisotopic (exact) mass is 359 g/mol. The van der Waals surface area contributed by atoms with Crippen molar-refractivity contribution in [1.82, 2.24) is 15.1 Å². The number of guanidine groups is 1. The lowest BCUT2D eigenvalue weighted by Crippen LogP contribution is -2.54. The lowest BCUT2D eigenvalue weighted by Gasteiger charge is -2.39. The summed E-state index contributed by atoms with van der Waals surface area (Å²) in [5, 5.41) is 3.41. The number of aliphatic imine (C=N–C) groups is 1. The molecule has 1 aliphatic rings. The molecule has 0 atom stereocenters. The molecule has 0 aliphatic carbocycles. The molecule has 2 rings (SSSR count). The number of carbonyl (C=O) groups excluding carboxylic acids is 1. The Morgan fingerprint density at radius 1 is 1.19 bits per heavy atom. The first kappa shape index (κ1) is 20.1. The Kier molecular flexibility index (Phi) is 6.89. The van der Waals surface area contributed by atoms with Crippen molar-refractivity contribution >= 4 is 17.6 Å². The number of nitrogens with zero attached hydrogens (tertiary/aromatic N) is 4. The number of aryl methyl sites for hydroxylation is 1. The van der Waals surface area contributed by atoms with Gasteiger partial charge in [-0.2, -0.15) is 0 Å². The van der Waals surface area contributed by atoms with Crippen LogP contribution in [0.2, 0.25) is 0 Å². The third kappa shape index (κ3) is 5.13. The Morgan fingerprint density at radius 2 is 1.85 bits per heavy atom. The van der Waals surface area contributed by atoms with Gasteiger partial charge in [-0.15, -0.1) is 0 Å². The SMILES string of the molecule is Cc1cccc(N2CCN(C(=NCC(=O)N(C)C)NC(C)C)CC2)c1C. The topological polar surface area (TPSA) is 51.2 Å². The summed E-state index contributed by atoms with van der Waals surface area (Å²) in [6.07, 6.45) is 0. The van der Waals surface area contributed by atoms with E-state index in [1.54, 1.807) is 19.0 Å². The number of amides is 1. The molecular weight excluding hydrogens is 326 g/mol. The normalized spacial score (nSPS) is 15.4. The van der Waals surface area contributed by atoms with Crippen LogP contribution in [-0.2, 0) is 4.79 Å². The van der Waals surface area contributed by atoms with Gasteiger partial charge in [0.15, 0.2) is 5.96 Å². The fraction of sp³-hybridized carbons (Fsp3) is 0.600. The molecule has 144 valence electrons. The molecule has 0 bridgehead atoms. The largest absolute Gasteiger partial charge is 0.368 e. The van der Waals surface area contributed by atoms with Gasteiger partial charge >= 0.3 is 0 Å². The number of carbonyl (C=O) groups is 1. The molecule has 1 heterocycles. The molecule has 6 heteroatoms. The van der Waals surface area contributed by atoms with Gasteiger partial charge in [0.05, 0.1) is 0 Å². The van der Waals surface area contributed by atoms with Crippen LogP contribution >= 0.6 is 0 Å². The maximum Gasteiger partial charge on any atom is 0.243 e. The quantitative estimate of drug-likeness (QED) is 0.659. The smallest absolute Gasteiger partial charge is 0.243 e. The van der Waals surface area contributed by atoms with Crippen LogP contribution in [0.25, 0.3) is 0 Å². The Hall–Kier alpha value is -2.24. The number of nitrogens with one attached hydrogen (secondary N) is 1. The van der Waals surface area contributed by atoms with Gasteiger partial charge in [0.1, 0.15) is 6.54 Å². The molecule has 0 radical (unpaired) electrons. The number of likely N-dealkylation sites (N-methyl/N-ethyl adjacent to an activating group) is 1. The standard InChI is InChI=1S/C20H33N5O/c1-15(2)22-20(21-14-19(26)23(5)6)25-12-10-24(11-13-25)18-9-7-8-16(3)17(18)4/h7-9,15H,10-14H2,1-6H3,(H,21,22). The zero-order valence-corrected chi connectivity index (χ0v) is 17.0. The van der Waals surface area contributed by atoms with Crippen molar-refractivity contribution in [2.75, 3.05) is 51.7 Å². The Balaban J connectivity index is 2.05. The van der Waals surface area contributed by atoms with Crippen molar-refractivity contribution < 1.29 is 4.79 Å². The first-order chi connectivity index (χ1) is 12.3. The third-order valence-corrected chi connectivity index (χ3v) is 4.78. The molecule has 1 aromatic rings. The van der Waals surface area contributed by atoms with Crippen LogP contribution in [0.1, 0.15) is 25.0 Å². The van der Waals surface area contributed by atoms with Gasteiger partial charge in [-0.05, 0) is 44.9 Å². The Bertz CT molecular complexity index is 646. The summed E-state index contributed by atoms with van der Waals surface area (Å²) in [6, 6.07) is 6.77. The third-order valence-electron chi connectivity index (χ3n) is 4.78. The van der Waals surface area contributed by atoms with E-state index in [4.69, 9.17) is 0 Å². The summed E-state index contributed by atoms with van der Waals surface area (Å²) in [4.78, 5) is 22.7. The van der Waals surface area contributed by atoms with Gasteiger partial charge < -0.3 is 20.0 Å². The first-order valence-corrected chi connectivity index (χ1v) is 9.37. The minimum absolute atomic E-state index is 0.0158. The number of hydrogen-bond donors (Lipinski definition) is 1. The van der Waals surface area contributed by atoms with Gasteiger partial charge in [-0.25, -0.2) is 4.99 Å². The van der Waals surface area contributed by atoms with Crippen LogP contribution in [0.4, 0.5) is 5.69 Å². The minimum Gasteiger partial charge on any atom is -0.368 e. The molecule has 1 aliphatic heterocycles. The first-order valence-electron chi connectivity index (χ1n) is 9.37. The second kappa shape index (κ2) is 8.92. The van der Waals surface area contributed by atoms with Gasteiger partial charge in [-0.3, -0.25) is 4.79 Å². The van der Waals surface area contributed by atoms with Crippen molar-refractivity contribution in [1.29, 1.82) is 0 Å². The average molecular weight is 360 g/mol. The molecule has 6 nitrogen and oxygen atoms in total. The molecule has 0 aromatic heterocycles. The number of piperazine rings is 1. The predicted molar refractivity (Wildman–Crippen MR) is 109 cm³/mol. The van der Waals surface area contributed by atoms with E-state index in [0.717, 1.165) is 32.1 Å². The maximum atomic E-state index is 11.9. The molecule has 1 amide bonds. The van der Waals surface area contributed by atoms with E-state index in [9.17, 15) is 4.79 Å². The molecular formula is C20H33N5O. The molecule has 1 fully saturated rings. The summed E-state index contributed by atoms with van der Waals surface area (Å²) < 4.78 is 0. The van der Waals surface area contributed by atoms with Crippen molar-refractivity contribution in [2.45, 2.75) is 33.7 Å². The predicted octanol–water partition coefficient (Wildman–Crippen LogP) is 1.87. The van der Waals surface area contributed by atoms with Crippen LogP contribution in [-0.4, -0.2) is 74.5 Å². The molecule has 1 saturated heterocycles. The number of hydrogen-bond acceptors (Lipinski definition) is 3. The highest BCUT2D eigenvalue weighted by molar-refractivity contribution is 5.85. The van der Waals surface area contributed by atoms with E-state index in [-0.39, 0.29) is 18.5 Å². The zero-order valence-electron chi connectivity index (χ0n) is 17.0. The van der Waals surface area contributed by atoms with Gasteiger partial charge in [0.2, 0.25) is 5.91 Å². The van der Waals surface area contributed by atoms with Crippen LogP contribution < -0.4 is 10.2 Å². The highest BCUT2D eigenvalue weighted by Gasteiger charge is 2.22. The highest BCUT2D eigenvalue weighted by Crippen LogP contribution is 2.23. The van der Waals surface area contributed by atoms with Gasteiger partial charge in [0, 0.05) is 52.0 Å². The lowest BCUT2D eigenvalue weighted by atomic mass is 10.1. The van der Waals surface area contributed by atoms with E-state index < -0.39 is 0 Å². The minimum atomic E-state index is 0.0158. The Labute approximate surface area is 157 Å². The second-order valence-corrected chi connectivity index (χ2v) is 7.42. The van der Waals surface area contributed by atoms with Crippen LogP contribution in [0.15, 0.2) is 23.2 Å². The molecule has 0 saturated carbocycles. The molecule has 1 aromatic carbocycles. The number of anilines is 1.